The Hall–Kier alpha value is -3.26. The highest BCUT2D eigenvalue weighted by Gasteiger charge is 2.30. The third-order valence-electron chi connectivity index (χ3n) is 7.27. The van der Waals surface area contributed by atoms with Crippen molar-refractivity contribution in [2.24, 2.45) is 5.92 Å². The van der Waals surface area contributed by atoms with Gasteiger partial charge in [-0.2, -0.15) is 5.10 Å². The van der Waals surface area contributed by atoms with E-state index in [9.17, 15) is 4.79 Å². The van der Waals surface area contributed by atoms with Crippen molar-refractivity contribution >= 4 is 11.7 Å². The molecule has 4 heterocycles. The van der Waals surface area contributed by atoms with Crippen LogP contribution < -0.4 is 4.90 Å². The van der Waals surface area contributed by atoms with E-state index in [4.69, 9.17) is 0 Å². The van der Waals surface area contributed by atoms with Crippen LogP contribution in [0.4, 0.5) is 5.82 Å². The number of nitrogens with zero attached hydrogens (tertiary/aromatic N) is 7. The quantitative estimate of drug-likeness (QED) is 0.548. The van der Waals surface area contributed by atoms with Gasteiger partial charge in [0.15, 0.2) is 11.6 Å². The second kappa shape index (κ2) is 10.6. The van der Waals surface area contributed by atoms with Gasteiger partial charge in [0.25, 0.3) is 0 Å². The van der Waals surface area contributed by atoms with Gasteiger partial charge in [0, 0.05) is 57.4 Å². The van der Waals surface area contributed by atoms with Crippen LogP contribution in [-0.4, -0.2) is 81.5 Å². The summed E-state index contributed by atoms with van der Waals surface area (Å²) in [5, 5.41) is 13.3. The number of hydrogen-bond acceptors (Lipinski definition) is 6. The summed E-state index contributed by atoms with van der Waals surface area (Å²) in [5.74, 6) is 2.04. The Morgan fingerprint density at radius 2 is 1.57 bits per heavy atom. The van der Waals surface area contributed by atoms with E-state index < -0.39 is 0 Å². The molecule has 1 amide bonds. The summed E-state index contributed by atoms with van der Waals surface area (Å²) in [6, 6.07) is 16.6. The maximum absolute atomic E-state index is 13.2. The van der Waals surface area contributed by atoms with Gasteiger partial charge in [-0.25, -0.2) is 4.68 Å². The Kier molecular flexibility index (Phi) is 7.08. The van der Waals surface area contributed by atoms with E-state index in [1.54, 1.807) is 0 Å². The summed E-state index contributed by atoms with van der Waals surface area (Å²) in [7, 11) is 0. The summed E-state index contributed by atoms with van der Waals surface area (Å²) in [6.07, 6.45) is 2.81. The molecule has 0 atom stereocenters. The van der Waals surface area contributed by atoms with Gasteiger partial charge in [-0.3, -0.25) is 9.69 Å². The minimum atomic E-state index is 0.115. The van der Waals surface area contributed by atoms with Crippen LogP contribution in [0.5, 0.6) is 0 Å². The number of aromatic nitrogens is 4. The Balaban J connectivity index is 1.08. The van der Waals surface area contributed by atoms with Gasteiger partial charge in [0.2, 0.25) is 5.91 Å². The third kappa shape index (κ3) is 5.53. The van der Waals surface area contributed by atoms with Crippen LogP contribution in [0.2, 0.25) is 0 Å². The summed E-state index contributed by atoms with van der Waals surface area (Å²) in [5.41, 5.74) is 3.39. The van der Waals surface area contributed by atoms with Gasteiger partial charge >= 0.3 is 0 Å². The van der Waals surface area contributed by atoms with Gasteiger partial charge in [-0.05, 0) is 56.9 Å². The molecule has 0 unspecified atom stereocenters. The molecule has 0 N–H and O–H groups in total. The molecule has 184 valence electrons. The molecular formula is C27H35N7O. The number of piperazine rings is 1. The number of piperidine rings is 1. The number of amides is 1. The number of anilines is 1. The van der Waals surface area contributed by atoms with Crippen molar-refractivity contribution in [3.63, 3.8) is 0 Å². The lowest BCUT2D eigenvalue weighted by molar-refractivity contribution is -0.138. The van der Waals surface area contributed by atoms with Crippen molar-refractivity contribution < 1.29 is 4.79 Å². The van der Waals surface area contributed by atoms with E-state index in [1.165, 1.54) is 5.56 Å². The summed E-state index contributed by atoms with van der Waals surface area (Å²) < 4.78 is 1.82. The van der Waals surface area contributed by atoms with Crippen LogP contribution >= 0.6 is 0 Å². The Bertz CT molecular complexity index is 1110. The van der Waals surface area contributed by atoms with E-state index >= 15 is 0 Å². The van der Waals surface area contributed by atoms with Crippen LogP contribution in [0.3, 0.4) is 0 Å². The average molecular weight is 474 g/mol. The van der Waals surface area contributed by atoms with E-state index in [0.29, 0.717) is 5.91 Å². The second-order valence-corrected chi connectivity index (χ2v) is 9.75. The molecule has 0 aliphatic carbocycles. The lowest BCUT2D eigenvalue weighted by Crippen LogP contribution is -2.52. The molecule has 2 fully saturated rings. The number of aryl methyl sites for hydroxylation is 2. The molecule has 2 aliphatic rings. The summed E-state index contributed by atoms with van der Waals surface area (Å²) >= 11 is 0. The van der Waals surface area contributed by atoms with Crippen LogP contribution in [-0.2, 0) is 11.2 Å². The largest absolute Gasteiger partial charge is 0.355 e. The predicted molar refractivity (Wildman–Crippen MR) is 137 cm³/mol. The molecular weight excluding hydrogens is 438 g/mol. The van der Waals surface area contributed by atoms with E-state index in [1.807, 2.05) is 36.7 Å². The molecule has 5 rings (SSSR count). The minimum Gasteiger partial charge on any atom is -0.355 e. The van der Waals surface area contributed by atoms with Crippen LogP contribution in [0.1, 0.15) is 29.8 Å². The number of rotatable bonds is 6. The summed E-state index contributed by atoms with van der Waals surface area (Å²) in [4.78, 5) is 20.0. The highest BCUT2D eigenvalue weighted by atomic mass is 16.2. The number of hydrogen-bond donors (Lipinski definition) is 0. The average Bonchev–Trinajstić information content (AvgIpc) is 3.26. The third-order valence-corrected chi connectivity index (χ3v) is 7.27. The highest BCUT2D eigenvalue weighted by Crippen LogP contribution is 2.24. The zero-order chi connectivity index (χ0) is 24.2. The lowest BCUT2D eigenvalue weighted by Gasteiger charge is -2.38. The van der Waals surface area contributed by atoms with Gasteiger partial charge in [0.1, 0.15) is 0 Å². The van der Waals surface area contributed by atoms with Gasteiger partial charge in [-0.1, -0.05) is 30.3 Å². The molecule has 2 aliphatic heterocycles. The smallest absolute Gasteiger partial charge is 0.225 e. The first kappa shape index (κ1) is 23.5. The Labute approximate surface area is 207 Å². The highest BCUT2D eigenvalue weighted by molar-refractivity contribution is 5.79. The maximum atomic E-state index is 13.2. The first-order chi connectivity index (χ1) is 17.1. The van der Waals surface area contributed by atoms with Crippen molar-refractivity contribution in [3.8, 4) is 5.82 Å². The van der Waals surface area contributed by atoms with Gasteiger partial charge in [0.05, 0.1) is 5.69 Å². The Morgan fingerprint density at radius 1 is 0.886 bits per heavy atom. The summed E-state index contributed by atoms with van der Waals surface area (Å²) in [6.45, 7) is 10.3. The lowest BCUT2D eigenvalue weighted by atomic mass is 9.95. The monoisotopic (exact) mass is 473 g/mol. The molecule has 8 heteroatoms. The number of benzene rings is 1. The normalized spacial score (nSPS) is 17.7. The van der Waals surface area contributed by atoms with E-state index in [0.717, 1.165) is 88.1 Å². The zero-order valence-electron chi connectivity index (χ0n) is 20.8. The molecule has 8 nitrogen and oxygen atoms in total. The van der Waals surface area contributed by atoms with Crippen molar-refractivity contribution in [3.05, 3.63) is 65.5 Å². The predicted octanol–water partition coefficient (Wildman–Crippen LogP) is 2.88. The first-order valence-corrected chi connectivity index (χ1v) is 12.7. The standard InChI is InChI=1S/C27H35N7O/c1-21-20-22(2)34(30-21)26-9-8-25(28-29-26)32-14-11-24(12-15-32)27(35)33-18-16-31(17-19-33)13-10-23-6-4-3-5-7-23/h3-9,20,24H,10-19H2,1-2H3. The van der Waals surface area contributed by atoms with Crippen molar-refractivity contribution in [1.82, 2.24) is 29.8 Å². The minimum absolute atomic E-state index is 0.115. The van der Waals surface area contributed by atoms with Gasteiger partial charge < -0.3 is 9.80 Å². The topological polar surface area (TPSA) is 70.4 Å². The number of carbonyl (C=O) groups is 1. The van der Waals surface area contributed by atoms with Crippen LogP contribution in [0, 0.1) is 19.8 Å². The molecule has 3 aromatic rings. The van der Waals surface area contributed by atoms with Crippen molar-refractivity contribution in [2.45, 2.75) is 33.1 Å². The molecule has 1 aromatic carbocycles. The van der Waals surface area contributed by atoms with Crippen molar-refractivity contribution in [2.75, 3.05) is 50.7 Å². The SMILES string of the molecule is Cc1cc(C)n(-c2ccc(N3CCC(C(=O)N4CCN(CCc5ccccc5)CC4)CC3)nn2)n1. The molecule has 2 saturated heterocycles. The first-order valence-electron chi connectivity index (χ1n) is 12.7. The molecule has 0 bridgehead atoms. The second-order valence-electron chi connectivity index (χ2n) is 9.75. The number of carbonyl (C=O) groups excluding carboxylic acids is 1. The van der Waals surface area contributed by atoms with Crippen LogP contribution in [0.25, 0.3) is 5.82 Å². The van der Waals surface area contributed by atoms with Gasteiger partial charge in [-0.15, -0.1) is 10.2 Å². The molecule has 0 saturated carbocycles. The Morgan fingerprint density at radius 3 is 2.20 bits per heavy atom. The van der Waals surface area contributed by atoms with Crippen molar-refractivity contribution in [1.29, 1.82) is 0 Å². The maximum Gasteiger partial charge on any atom is 0.225 e. The van der Waals surface area contributed by atoms with Crippen LogP contribution in [0.15, 0.2) is 48.5 Å². The molecule has 0 radical (unpaired) electrons. The molecule has 0 spiro atoms. The fourth-order valence-corrected chi connectivity index (χ4v) is 5.20. The fourth-order valence-electron chi connectivity index (χ4n) is 5.20. The fraction of sp³-hybridized carbons (Fsp3) is 0.481. The molecule has 35 heavy (non-hydrogen) atoms. The zero-order valence-corrected chi connectivity index (χ0v) is 20.8. The molecule has 2 aromatic heterocycles. The van der Waals surface area contributed by atoms with E-state index in [2.05, 4.69) is 60.3 Å². The van der Waals surface area contributed by atoms with E-state index in [-0.39, 0.29) is 5.92 Å².